The molecule has 2 rings (SSSR count). The highest BCUT2D eigenvalue weighted by Gasteiger charge is 2.42. The summed E-state index contributed by atoms with van der Waals surface area (Å²) in [6, 6.07) is 0. The highest BCUT2D eigenvalue weighted by Crippen LogP contribution is 2.34. The van der Waals surface area contributed by atoms with Crippen molar-refractivity contribution in [2.75, 3.05) is 13.2 Å². The molecule has 0 aromatic carbocycles. The zero-order chi connectivity index (χ0) is 14.7. The van der Waals surface area contributed by atoms with Crippen LogP contribution < -0.4 is 0 Å². The second-order valence-corrected chi connectivity index (χ2v) is 5.23. The molecule has 5 heteroatoms. The van der Waals surface area contributed by atoms with Gasteiger partial charge in [-0.05, 0) is 36.5 Å². The van der Waals surface area contributed by atoms with E-state index in [4.69, 9.17) is 4.74 Å². The smallest absolute Gasteiger partial charge is 0.334 e. The van der Waals surface area contributed by atoms with Crippen LogP contribution in [0.5, 0.6) is 0 Å². The molecule has 0 radical (unpaired) electrons. The number of allylic oxidation sites excluding steroid dienone is 1. The molecule has 5 nitrogen and oxygen atoms in total. The maximum atomic E-state index is 11.6. The second kappa shape index (κ2) is 6.35. The van der Waals surface area contributed by atoms with Gasteiger partial charge in [0.15, 0.2) is 0 Å². The highest BCUT2D eigenvalue weighted by molar-refractivity contribution is 5.91. The van der Waals surface area contributed by atoms with Gasteiger partial charge in [-0.15, -0.1) is 0 Å². The Balaban J connectivity index is 2.34. The summed E-state index contributed by atoms with van der Waals surface area (Å²) in [5.74, 6) is -1.04. The van der Waals surface area contributed by atoms with Gasteiger partial charge in [-0.1, -0.05) is 12.7 Å². The Morgan fingerprint density at radius 1 is 1.30 bits per heavy atom. The van der Waals surface area contributed by atoms with Crippen LogP contribution in [-0.4, -0.2) is 46.7 Å². The lowest BCUT2D eigenvalue weighted by molar-refractivity contribution is -0.137. The van der Waals surface area contributed by atoms with Gasteiger partial charge in [0.1, 0.15) is 6.10 Å². The molecule has 3 N–H and O–H groups in total. The summed E-state index contributed by atoms with van der Waals surface area (Å²) in [5, 5.41) is 29.0. The Morgan fingerprint density at radius 3 is 2.65 bits per heavy atom. The number of hydrogen-bond donors (Lipinski definition) is 3. The summed E-state index contributed by atoms with van der Waals surface area (Å²) >= 11 is 0. The van der Waals surface area contributed by atoms with Crippen LogP contribution in [0, 0.1) is 5.92 Å². The maximum absolute atomic E-state index is 11.6. The van der Waals surface area contributed by atoms with Gasteiger partial charge in [0.25, 0.3) is 0 Å². The molecule has 1 saturated heterocycles. The van der Waals surface area contributed by atoms with Crippen LogP contribution in [0.1, 0.15) is 19.3 Å². The van der Waals surface area contributed by atoms with Gasteiger partial charge >= 0.3 is 5.97 Å². The summed E-state index contributed by atoms with van der Waals surface area (Å²) in [5.41, 5.74) is 1.72. The van der Waals surface area contributed by atoms with Crippen molar-refractivity contribution in [2.24, 2.45) is 5.92 Å². The van der Waals surface area contributed by atoms with Crippen molar-refractivity contribution < 1.29 is 24.9 Å². The first-order valence-electron chi connectivity index (χ1n) is 6.73. The van der Waals surface area contributed by atoms with Crippen molar-refractivity contribution in [3.8, 4) is 0 Å². The summed E-state index contributed by atoms with van der Waals surface area (Å²) in [6.07, 6.45) is 3.73. The largest absolute Gasteiger partial charge is 0.454 e. The Bertz CT molecular complexity index is 463. The Kier molecular flexibility index (Phi) is 4.75. The minimum atomic E-state index is -0.841. The number of carbonyl (C=O) groups is 1. The summed E-state index contributed by atoms with van der Waals surface area (Å²) in [7, 11) is 0. The van der Waals surface area contributed by atoms with Crippen LogP contribution in [0.2, 0.25) is 0 Å². The molecule has 2 aliphatic rings. The molecule has 0 aromatic heterocycles. The predicted octanol–water partition coefficient (Wildman–Crippen LogP) is 0.466. The molecule has 1 heterocycles. The van der Waals surface area contributed by atoms with Gasteiger partial charge in [0.2, 0.25) is 0 Å². The molecule has 20 heavy (non-hydrogen) atoms. The molecule has 0 amide bonds. The molecule has 0 aromatic rings. The van der Waals surface area contributed by atoms with Gasteiger partial charge in [-0.3, -0.25) is 0 Å². The standard InChI is InChI=1S/C15H20O5/c1-9-14-12(18)5-10(7-16)3-2-4-11(8-17)6-13(14)20-15(9)19/h3,6,12-14,16-18H,1-2,4-5,7-8H2/b10-3-,11-6?/t12-,13+,14+/m0/s1. The summed E-state index contributed by atoms with van der Waals surface area (Å²) in [4.78, 5) is 11.6. The van der Waals surface area contributed by atoms with Gasteiger partial charge in [0, 0.05) is 5.57 Å². The van der Waals surface area contributed by atoms with Crippen molar-refractivity contribution in [3.05, 3.63) is 35.5 Å². The molecular formula is C15H20O5. The molecular weight excluding hydrogens is 260 g/mol. The SMILES string of the molecule is C=C1C(=O)O[C@@H]2C=C(CO)CC/C=C(\CO)C[C@H](O)[C@@H]12. The van der Waals surface area contributed by atoms with Crippen molar-refractivity contribution in [3.63, 3.8) is 0 Å². The van der Waals surface area contributed by atoms with E-state index in [1.165, 1.54) is 0 Å². The van der Waals surface area contributed by atoms with Crippen LogP contribution in [0.4, 0.5) is 0 Å². The van der Waals surface area contributed by atoms with Gasteiger partial charge in [0.05, 0.1) is 25.2 Å². The van der Waals surface area contributed by atoms with E-state index in [9.17, 15) is 20.1 Å². The zero-order valence-corrected chi connectivity index (χ0v) is 11.3. The van der Waals surface area contributed by atoms with Gasteiger partial charge in [-0.25, -0.2) is 4.79 Å². The van der Waals surface area contributed by atoms with E-state index in [2.05, 4.69) is 6.58 Å². The minimum absolute atomic E-state index is 0.119. The highest BCUT2D eigenvalue weighted by atomic mass is 16.6. The molecule has 3 atom stereocenters. The Labute approximate surface area is 117 Å². The molecule has 1 aliphatic heterocycles. The van der Waals surface area contributed by atoms with Gasteiger partial charge in [-0.2, -0.15) is 0 Å². The van der Waals surface area contributed by atoms with Gasteiger partial charge < -0.3 is 20.1 Å². The second-order valence-electron chi connectivity index (χ2n) is 5.23. The monoisotopic (exact) mass is 280 g/mol. The normalized spacial score (nSPS) is 33.9. The number of aliphatic hydroxyl groups excluding tert-OH is 3. The third-order valence-electron chi connectivity index (χ3n) is 3.85. The predicted molar refractivity (Wildman–Crippen MR) is 72.7 cm³/mol. The van der Waals surface area contributed by atoms with E-state index in [0.29, 0.717) is 12.8 Å². The van der Waals surface area contributed by atoms with E-state index in [1.807, 2.05) is 6.08 Å². The van der Waals surface area contributed by atoms with E-state index in [0.717, 1.165) is 11.1 Å². The number of aliphatic hydroxyl groups is 3. The zero-order valence-electron chi connectivity index (χ0n) is 11.3. The molecule has 0 bridgehead atoms. The van der Waals surface area contributed by atoms with Crippen molar-refractivity contribution >= 4 is 5.97 Å². The summed E-state index contributed by atoms with van der Waals surface area (Å²) in [6.45, 7) is 3.44. The number of hydrogen-bond acceptors (Lipinski definition) is 5. The fraction of sp³-hybridized carbons (Fsp3) is 0.533. The van der Waals surface area contributed by atoms with E-state index < -0.39 is 24.1 Å². The lowest BCUT2D eigenvalue weighted by Crippen LogP contribution is -2.29. The summed E-state index contributed by atoms with van der Waals surface area (Å²) < 4.78 is 5.21. The number of ether oxygens (including phenoxy) is 1. The molecule has 1 fully saturated rings. The van der Waals surface area contributed by atoms with Crippen LogP contribution >= 0.6 is 0 Å². The average Bonchev–Trinajstić information content (AvgIpc) is 2.71. The molecule has 0 spiro atoms. The Morgan fingerprint density at radius 2 is 2.00 bits per heavy atom. The quantitative estimate of drug-likeness (QED) is 0.389. The number of carbonyl (C=O) groups excluding carboxylic acids is 1. The molecule has 0 unspecified atom stereocenters. The third kappa shape index (κ3) is 3.00. The lowest BCUT2D eigenvalue weighted by Gasteiger charge is -2.23. The van der Waals surface area contributed by atoms with Crippen LogP contribution in [0.3, 0.4) is 0 Å². The fourth-order valence-corrected chi connectivity index (χ4v) is 2.71. The van der Waals surface area contributed by atoms with Crippen LogP contribution in [0.15, 0.2) is 35.5 Å². The first-order valence-corrected chi connectivity index (χ1v) is 6.73. The number of esters is 1. The van der Waals surface area contributed by atoms with E-state index in [-0.39, 0.29) is 25.2 Å². The first kappa shape index (κ1) is 15.0. The molecule has 0 saturated carbocycles. The van der Waals surface area contributed by atoms with Crippen molar-refractivity contribution in [1.29, 1.82) is 0 Å². The third-order valence-corrected chi connectivity index (χ3v) is 3.85. The van der Waals surface area contributed by atoms with Crippen molar-refractivity contribution in [1.82, 2.24) is 0 Å². The average molecular weight is 280 g/mol. The van der Waals surface area contributed by atoms with Crippen LogP contribution in [-0.2, 0) is 9.53 Å². The van der Waals surface area contributed by atoms with E-state index >= 15 is 0 Å². The first-order chi connectivity index (χ1) is 9.56. The fourth-order valence-electron chi connectivity index (χ4n) is 2.71. The Hall–Kier alpha value is -1.43. The maximum Gasteiger partial charge on any atom is 0.334 e. The number of rotatable bonds is 2. The minimum Gasteiger partial charge on any atom is -0.454 e. The number of fused-ring (bicyclic) bond motifs is 1. The molecule has 1 aliphatic carbocycles. The molecule has 110 valence electrons. The lowest BCUT2D eigenvalue weighted by atomic mass is 9.85. The topological polar surface area (TPSA) is 87.0 Å². The van der Waals surface area contributed by atoms with E-state index in [1.54, 1.807) is 6.08 Å². The van der Waals surface area contributed by atoms with Crippen molar-refractivity contribution in [2.45, 2.75) is 31.5 Å². The van der Waals surface area contributed by atoms with Crippen LogP contribution in [0.25, 0.3) is 0 Å².